The summed E-state index contributed by atoms with van der Waals surface area (Å²) in [5.41, 5.74) is -1.56. The molecule has 1 fully saturated rings. The molecule has 2 atom stereocenters. The zero-order valence-electron chi connectivity index (χ0n) is 9.38. The first-order valence-electron chi connectivity index (χ1n) is 5.13. The van der Waals surface area contributed by atoms with Crippen LogP contribution in [0.25, 0.3) is 0 Å². The smallest absolute Gasteiger partial charge is 0.306 e. The zero-order chi connectivity index (χ0) is 12.6. The van der Waals surface area contributed by atoms with Gasteiger partial charge in [-0.15, -0.1) is 0 Å². The van der Waals surface area contributed by atoms with E-state index >= 15 is 0 Å². The van der Waals surface area contributed by atoms with Crippen molar-refractivity contribution < 1.29 is 23.4 Å². The Hall–Kier alpha value is -0.660. The van der Waals surface area contributed by atoms with Gasteiger partial charge in [-0.05, 0) is 12.8 Å². The number of nitrogens with zero attached hydrogens (tertiary/aromatic N) is 1. The largest absolute Gasteiger partial charge is 0.481 e. The number of aliphatic carboxylic acids is 1. The van der Waals surface area contributed by atoms with Gasteiger partial charge in [0, 0.05) is 13.0 Å². The van der Waals surface area contributed by atoms with Crippen molar-refractivity contribution in [2.45, 2.75) is 31.9 Å². The van der Waals surface area contributed by atoms with Gasteiger partial charge in [0.2, 0.25) is 10.0 Å². The number of hydrogen-bond acceptors (Lipinski definition) is 4. The van der Waals surface area contributed by atoms with Gasteiger partial charge in [-0.1, -0.05) is 6.92 Å². The Balaban J connectivity index is 2.98. The van der Waals surface area contributed by atoms with Gasteiger partial charge in [-0.3, -0.25) is 4.79 Å². The van der Waals surface area contributed by atoms with E-state index in [9.17, 15) is 18.3 Å². The van der Waals surface area contributed by atoms with Crippen molar-refractivity contribution in [1.82, 2.24) is 4.31 Å². The second kappa shape index (κ2) is 4.31. The van der Waals surface area contributed by atoms with Crippen LogP contribution in [-0.2, 0) is 14.8 Å². The fourth-order valence-corrected chi connectivity index (χ4v) is 3.34. The molecule has 0 amide bonds. The van der Waals surface area contributed by atoms with Crippen LogP contribution in [-0.4, -0.2) is 47.4 Å². The van der Waals surface area contributed by atoms with Crippen molar-refractivity contribution in [3.8, 4) is 0 Å². The lowest BCUT2D eigenvalue weighted by Gasteiger charge is -2.43. The van der Waals surface area contributed by atoms with Gasteiger partial charge in [-0.25, -0.2) is 8.42 Å². The van der Waals surface area contributed by atoms with E-state index in [0.717, 1.165) is 10.6 Å². The van der Waals surface area contributed by atoms with E-state index in [1.165, 1.54) is 0 Å². The quantitative estimate of drug-likeness (QED) is 0.727. The molecule has 0 bridgehead atoms. The third kappa shape index (κ3) is 2.53. The molecule has 0 spiro atoms. The van der Waals surface area contributed by atoms with Crippen LogP contribution in [0.15, 0.2) is 0 Å². The Morgan fingerprint density at radius 2 is 2.12 bits per heavy atom. The number of aliphatic hydroxyl groups is 1. The second-order valence-corrected chi connectivity index (χ2v) is 6.11. The first-order valence-corrected chi connectivity index (χ1v) is 6.98. The van der Waals surface area contributed by atoms with Gasteiger partial charge < -0.3 is 10.2 Å². The van der Waals surface area contributed by atoms with E-state index in [-0.39, 0.29) is 25.8 Å². The molecule has 1 saturated heterocycles. The Kier molecular flexibility index (Phi) is 3.61. The summed E-state index contributed by atoms with van der Waals surface area (Å²) in [6.45, 7) is 1.70. The molecule has 0 aromatic rings. The minimum absolute atomic E-state index is 0.0497. The molecule has 1 aliphatic heterocycles. The lowest BCUT2D eigenvalue weighted by Crippen LogP contribution is -2.56. The Bertz CT molecular complexity index is 379. The molecule has 6 nitrogen and oxygen atoms in total. The lowest BCUT2D eigenvalue weighted by molar-refractivity contribution is -0.154. The highest BCUT2D eigenvalue weighted by atomic mass is 32.2. The maximum Gasteiger partial charge on any atom is 0.306 e. The molecule has 0 radical (unpaired) electrons. The molecule has 7 heteroatoms. The minimum Gasteiger partial charge on any atom is -0.481 e. The van der Waals surface area contributed by atoms with Crippen LogP contribution in [0.4, 0.5) is 0 Å². The Morgan fingerprint density at radius 1 is 1.56 bits per heavy atom. The highest BCUT2D eigenvalue weighted by Gasteiger charge is 2.45. The molecule has 2 unspecified atom stereocenters. The van der Waals surface area contributed by atoms with Gasteiger partial charge in [0.1, 0.15) is 5.72 Å². The summed E-state index contributed by atoms with van der Waals surface area (Å²) in [6.07, 6.45) is 1.40. The van der Waals surface area contributed by atoms with Crippen molar-refractivity contribution in [3.63, 3.8) is 0 Å². The third-order valence-electron chi connectivity index (χ3n) is 3.03. The molecule has 1 rings (SSSR count). The molecule has 0 aliphatic carbocycles. The molecule has 0 aromatic carbocycles. The molecule has 0 saturated carbocycles. The van der Waals surface area contributed by atoms with Gasteiger partial charge in [0.05, 0.1) is 12.2 Å². The van der Waals surface area contributed by atoms with Gasteiger partial charge >= 0.3 is 5.97 Å². The molecule has 94 valence electrons. The Labute approximate surface area is 94.9 Å². The molecule has 16 heavy (non-hydrogen) atoms. The lowest BCUT2D eigenvalue weighted by atomic mass is 9.88. The van der Waals surface area contributed by atoms with E-state index in [2.05, 4.69) is 0 Å². The first kappa shape index (κ1) is 13.4. The van der Waals surface area contributed by atoms with Crippen molar-refractivity contribution in [2.24, 2.45) is 5.92 Å². The molecular formula is C9H17NO5S. The topological polar surface area (TPSA) is 94.9 Å². The van der Waals surface area contributed by atoms with Gasteiger partial charge in [0.25, 0.3) is 0 Å². The predicted molar refractivity (Wildman–Crippen MR) is 57.2 cm³/mol. The molecule has 1 heterocycles. The average molecular weight is 251 g/mol. The van der Waals surface area contributed by atoms with Crippen LogP contribution >= 0.6 is 0 Å². The van der Waals surface area contributed by atoms with Crippen LogP contribution in [0.2, 0.25) is 0 Å². The zero-order valence-corrected chi connectivity index (χ0v) is 10.2. The van der Waals surface area contributed by atoms with Gasteiger partial charge in [0.15, 0.2) is 0 Å². The van der Waals surface area contributed by atoms with Crippen molar-refractivity contribution in [2.75, 3.05) is 12.8 Å². The third-order valence-corrected chi connectivity index (χ3v) is 4.36. The highest BCUT2D eigenvalue weighted by molar-refractivity contribution is 7.88. The van der Waals surface area contributed by atoms with Crippen molar-refractivity contribution in [3.05, 3.63) is 0 Å². The standard InChI is InChI=1S/C9H17NO5S/c1-3-9(13)6-7(8(11)12)4-5-10(9)16(2,14)15/h7,13H,3-6H2,1-2H3,(H,11,12). The van der Waals surface area contributed by atoms with Crippen molar-refractivity contribution in [1.29, 1.82) is 0 Å². The van der Waals surface area contributed by atoms with Gasteiger partial charge in [-0.2, -0.15) is 4.31 Å². The monoisotopic (exact) mass is 251 g/mol. The number of piperidine rings is 1. The van der Waals surface area contributed by atoms with Crippen LogP contribution in [0.1, 0.15) is 26.2 Å². The minimum atomic E-state index is -3.50. The van der Waals surface area contributed by atoms with Crippen molar-refractivity contribution >= 4 is 16.0 Å². The maximum atomic E-state index is 11.5. The van der Waals surface area contributed by atoms with Crippen LogP contribution in [0.3, 0.4) is 0 Å². The predicted octanol–water partition coefficient (Wildman–Crippen LogP) is -0.159. The summed E-state index contributed by atoms with van der Waals surface area (Å²) < 4.78 is 23.9. The average Bonchev–Trinajstić information content (AvgIpc) is 2.15. The SMILES string of the molecule is CCC1(O)CC(C(=O)O)CCN1S(C)(=O)=O. The number of carbonyl (C=O) groups is 1. The normalized spacial score (nSPS) is 32.6. The first-order chi connectivity index (χ1) is 7.20. The van der Waals surface area contributed by atoms with Crippen LogP contribution in [0.5, 0.6) is 0 Å². The summed E-state index contributed by atoms with van der Waals surface area (Å²) in [7, 11) is -3.50. The fourth-order valence-electron chi connectivity index (χ4n) is 2.09. The molecule has 1 aliphatic rings. The summed E-state index contributed by atoms with van der Waals surface area (Å²) >= 11 is 0. The highest BCUT2D eigenvalue weighted by Crippen LogP contribution is 2.34. The fraction of sp³-hybridized carbons (Fsp3) is 0.889. The molecular weight excluding hydrogens is 234 g/mol. The summed E-state index contributed by atoms with van der Waals surface area (Å²) in [4.78, 5) is 10.8. The summed E-state index contributed by atoms with van der Waals surface area (Å²) in [6, 6.07) is 0. The number of hydrogen-bond donors (Lipinski definition) is 2. The maximum absolute atomic E-state index is 11.5. The van der Waals surface area contributed by atoms with Crippen LogP contribution < -0.4 is 0 Å². The van der Waals surface area contributed by atoms with E-state index in [1.807, 2.05) is 0 Å². The summed E-state index contributed by atoms with van der Waals surface area (Å²) in [5, 5.41) is 19.1. The van der Waals surface area contributed by atoms with E-state index in [0.29, 0.717) is 0 Å². The van der Waals surface area contributed by atoms with E-state index < -0.39 is 27.6 Å². The second-order valence-electron chi connectivity index (χ2n) is 4.20. The van der Waals surface area contributed by atoms with E-state index in [1.54, 1.807) is 6.92 Å². The molecule has 0 aromatic heterocycles. The van der Waals surface area contributed by atoms with Crippen LogP contribution in [0, 0.1) is 5.92 Å². The molecule has 2 N–H and O–H groups in total. The number of rotatable bonds is 3. The summed E-state index contributed by atoms with van der Waals surface area (Å²) in [5.74, 6) is -1.66. The number of carboxylic acids is 1. The Morgan fingerprint density at radius 3 is 2.50 bits per heavy atom. The number of sulfonamides is 1. The number of carboxylic acid groups (broad SMARTS) is 1. The van der Waals surface area contributed by atoms with E-state index in [4.69, 9.17) is 5.11 Å².